The Morgan fingerprint density at radius 2 is 1.95 bits per heavy atom. The number of rotatable bonds is 7. The van der Waals surface area contributed by atoms with Crippen LogP contribution in [0.5, 0.6) is 0 Å². The number of benzene rings is 1. The third-order valence-corrected chi connectivity index (χ3v) is 4.05. The number of nitrogen functional groups attached to an aromatic ring is 1. The number of nitrogens with zero attached hydrogens (tertiary/aromatic N) is 3. The first-order chi connectivity index (χ1) is 9.67. The zero-order valence-electron chi connectivity index (χ0n) is 12.8. The van der Waals surface area contributed by atoms with Gasteiger partial charge in [0, 0.05) is 6.04 Å². The fourth-order valence-corrected chi connectivity index (χ4v) is 2.81. The monoisotopic (exact) mass is 274 g/mol. The van der Waals surface area contributed by atoms with Crippen LogP contribution in [-0.2, 0) is 0 Å². The molecule has 4 nitrogen and oxygen atoms in total. The number of anilines is 1. The van der Waals surface area contributed by atoms with Gasteiger partial charge in [0.2, 0.25) is 5.95 Å². The molecule has 0 aliphatic rings. The average molecular weight is 274 g/mol. The van der Waals surface area contributed by atoms with Crippen molar-refractivity contribution in [1.82, 2.24) is 14.5 Å². The van der Waals surface area contributed by atoms with E-state index in [0.29, 0.717) is 12.0 Å². The summed E-state index contributed by atoms with van der Waals surface area (Å²) in [6.45, 7) is 10.1. The minimum absolute atomic E-state index is 0.387. The van der Waals surface area contributed by atoms with Crippen LogP contribution in [0.3, 0.4) is 0 Å². The second kappa shape index (κ2) is 6.75. The Bertz CT molecular complexity index is 542. The van der Waals surface area contributed by atoms with Gasteiger partial charge in [0.1, 0.15) is 0 Å². The second-order valence-electron chi connectivity index (χ2n) is 5.35. The number of para-hydroxylation sites is 2. The Hall–Kier alpha value is -1.55. The molecule has 0 amide bonds. The first-order valence-corrected chi connectivity index (χ1v) is 7.62. The van der Waals surface area contributed by atoms with E-state index >= 15 is 0 Å². The summed E-state index contributed by atoms with van der Waals surface area (Å²) in [6.07, 6.45) is 2.32. The van der Waals surface area contributed by atoms with Crippen molar-refractivity contribution >= 4 is 17.0 Å². The highest BCUT2D eigenvalue weighted by Crippen LogP contribution is 2.25. The molecule has 2 aromatic rings. The minimum Gasteiger partial charge on any atom is -0.369 e. The highest BCUT2D eigenvalue weighted by Gasteiger charge is 2.13. The Morgan fingerprint density at radius 3 is 2.65 bits per heavy atom. The van der Waals surface area contributed by atoms with Crippen LogP contribution in [0.4, 0.5) is 5.95 Å². The molecule has 0 saturated carbocycles. The van der Waals surface area contributed by atoms with Gasteiger partial charge in [-0.3, -0.25) is 0 Å². The van der Waals surface area contributed by atoms with Gasteiger partial charge in [0.05, 0.1) is 11.0 Å². The summed E-state index contributed by atoms with van der Waals surface area (Å²) in [5, 5.41) is 0. The maximum atomic E-state index is 6.08. The van der Waals surface area contributed by atoms with E-state index in [1.165, 1.54) is 6.42 Å². The summed E-state index contributed by atoms with van der Waals surface area (Å²) in [5.41, 5.74) is 8.21. The summed E-state index contributed by atoms with van der Waals surface area (Å²) in [6, 6.07) is 8.55. The third-order valence-electron chi connectivity index (χ3n) is 4.05. The topological polar surface area (TPSA) is 47.1 Å². The van der Waals surface area contributed by atoms with Crippen LogP contribution >= 0.6 is 0 Å². The molecule has 0 fully saturated rings. The molecule has 4 heteroatoms. The number of imidazole rings is 1. The zero-order chi connectivity index (χ0) is 14.5. The molecule has 1 atom stereocenters. The highest BCUT2D eigenvalue weighted by molar-refractivity contribution is 5.78. The number of nitrogens with two attached hydrogens (primary N) is 1. The molecular formula is C16H26N4. The van der Waals surface area contributed by atoms with Crippen molar-refractivity contribution in [3.05, 3.63) is 24.3 Å². The normalized spacial score (nSPS) is 13.2. The fraction of sp³-hybridized carbons (Fsp3) is 0.562. The van der Waals surface area contributed by atoms with Crippen molar-refractivity contribution in [2.75, 3.05) is 25.4 Å². The molecule has 2 rings (SSSR count). The average Bonchev–Trinajstić information content (AvgIpc) is 2.79. The molecule has 1 unspecified atom stereocenters. The largest absolute Gasteiger partial charge is 0.369 e. The van der Waals surface area contributed by atoms with Gasteiger partial charge in [-0.2, -0.15) is 0 Å². The first-order valence-electron chi connectivity index (χ1n) is 7.62. The maximum absolute atomic E-state index is 6.08. The molecule has 0 bridgehead atoms. The van der Waals surface area contributed by atoms with E-state index in [9.17, 15) is 0 Å². The first kappa shape index (κ1) is 14.9. The molecule has 0 aliphatic heterocycles. The van der Waals surface area contributed by atoms with E-state index < -0.39 is 0 Å². The maximum Gasteiger partial charge on any atom is 0.201 e. The fourth-order valence-electron chi connectivity index (χ4n) is 2.81. The SMILES string of the molecule is CCN(CC)CCCC(C)n1c(N)nc2ccccc21. The van der Waals surface area contributed by atoms with Crippen LogP contribution < -0.4 is 5.73 Å². The summed E-state index contributed by atoms with van der Waals surface area (Å²) in [4.78, 5) is 6.90. The number of hydrogen-bond donors (Lipinski definition) is 1. The van der Waals surface area contributed by atoms with E-state index in [4.69, 9.17) is 5.73 Å². The van der Waals surface area contributed by atoms with Crippen molar-refractivity contribution in [2.24, 2.45) is 0 Å². The third kappa shape index (κ3) is 3.12. The Kier molecular flexibility index (Phi) is 5.01. The van der Waals surface area contributed by atoms with Gasteiger partial charge in [-0.25, -0.2) is 4.98 Å². The lowest BCUT2D eigenvalue weighted by molar-refractivity contribution is 0.289. The molecule has 1 aromatic carbocycles. The zero-order valence-corrected chi connectivity index (χ0v) is 12.8. The lowest BCUT2D eigenvalue weighted by atomic mass is 10.1. The van der Waals surface area contributed by atoms with E-state index in [-0.39, 0.29) is 0 Å². The minimum atomic E-state index is 0.387. The van der Waals surface area contributed by atoms with Gasteiger partial charge < -0.3 is 15.2 Å². The lowest BCUT2D eigenvalue weighted by Crippen LogP contribution is -2.24. The van der Waals surface area contributed by atoms with Gasteiger partial charge in [0.15, 0.2) is 0 Å². The molecule has 1 aromatic heterocycles. The quantitative estimate of drug-likeness (QED) is 0.842. The van der Waals surface area contributed by atoms with E-state index in [1.54, 1.807) is 0 Å². The molecule has 1 heterocycles. The van der Waals surface area contributed by atoms with E-state index in [2.05, 4.69) is 41.3 Å². The molecule has 0 saturated heterocycles. The van der Waals surface area contributed by atoms with Crippen molar-refractivity contribution in [2.45, 2.75) is 39.7 Å². The van der Waals surface area contributed by atoms with Crippen molar-refractivity contribution in [3.8, 4) is 0 Å². The predicted octanol–water partition coefficient (Wildman–Crippen LogP) is 3.30. The van der Waals surface area contributed by atoms with Gasteiger partial charge in [-0.15, -0.1) is 0 Å². The summed E-state index contributed by atoms with van der Waals surface area (Å²) >= 11 is 0. The van der Waals surface area contributed by atoms with Crippen LogP contribution in [0.25, 0.3) is 11.0 Å². The Labute approximate surface area is 121 Å². The van der Waals surface area contributed by atoms with Gasteiger partial charge in [-0.05, 0) is 51.5 Å². The molecule has 2 N–H and O–H groups in total. The molecule has 20 heavy (non-hydrogen) atoms. The van der Waals surface area contributed by atoms with Crippen LogP contribution in [-0.4, -0.2) is 34.1 Å². The Morgan fingerprint density at radius 1 is 1.25 bits per heavy atom. The van der Waals surface area contributed by atoms with Crippen molar-refractivity contribution in [1.29, 1.82) is 0 Å². The lowest BCUT2D eigenvalue weighted by Gasteiger charge is -2.20. The van der Waals surface area contributed by atoms with E-state index in [0.717, 1.165) is 37.1 Å². The van der Waals surface area contributed by atoms with Crippen LogP contribution in [0, 0.1) is 0 Å². The van der Waals surface area contributed by atoms with Gasteiger partial charge in [-0.1, -0.05) is 26.0 Å². The highest BCUT2D eigenvalue weighted by atomic mass is 15.2. The second-order valence-corrected chi connectivity index (χ2v) is 5.35. The Balaban J connectivity index is 2.04. The standard InChI is InChI=1S/C16H26N4/c1-4-19(5-2)12-8-9-13(3)20-15-11-7-6-10-14(15)18-16(20)17/h6-7,10-11,13H,4-5,8-9,12H2,1-3H3,(H2,17,18). The van der Waals surface area contributed by atoms with Crippen LogP contribution in [0.15, 0.2) is 24.3 Å². The summed E-state index contributed by atoms with van der Waals surface area (Å²) in [7, 11) is 0. The van der Waals surface area contributed by atoms with Gasteiger partial charge >= 0.3 is 0 Å². The summed E-state index contributed by atoms with van der Waals surface area (Å²) < 4.78 is 2.16. The summed E-state index contributed by atoms with van der Waals surface area (Å²) in [5.74, 6) is 0.626. The molecule has 0 spiro atoms. The predicted molar refractivity (Wildman–Crippen MR) is 85.9 cm³/mol. The van der Waals surface area contributed by atoms with Crippen molar-refractivity contribution in [3.63, 3.8) is 0 Å². The number of fused-ring (bicyclic) bond motifs is 1. The van der Waals surface area contributed by atoms with Gasteiger partial charge in [0.25, 0.3) is 0 Å². The molecule has 110 valence electrons. The van der Waals surface area contributed by atoms with Crippen LogP contribution in [0.2, 0.25) is 0 Å². The number of aromatic nitrogens is 2. The van der Waals surface area contributed by atoms with Crippen molar-refractivity contribution < 1.29 is 0 Å². The van der Waals surface area contributed by atoms with Crippen LogP contribution in [0.1, 0.15) is 39.7 Å². The number of hydrogen-bond acceptors (Lipinski definition) is 3. The smallest absolute Gasteiger partial charge is 0.201 e. The van der Waals surface area contributed by atoms with E-state index in [1.807, 2.05) is 18.2 Å². The molecule has 0 aliphatic carbocycles. The molecular weight excluding hydrogens is 248 g/mol. The molecule has 0 radical (unpaired) electrons.